The van der Waals surface area contributed by atoms with Gasteiger partial charge < -0.3 is 9.47 Å². The third kappa shape index (κ3) is 5.43. The van der Waals surface area contributed by atoms with Crippen LogP contribution < -0.4 is 0 Å². The number of likely N-dealkylation sites (tertiary alicyclic amines) is 1. The fourth-order valence-corrected chi connectivity index (χ4v) is 6.23. The molecule has 2 aliphatic rings. The van der Waals surface area contributed by atoms with Crippen LogP contribution >= 0.6 is 24.2 Å². The van der Waals surface area contributed by atoms with Crippen LogP contribution in [0.3, 0.4) is 0 Å². The van der Waals surface area contributed by atoms with Crippen molar-refractivity contribution in [3.8, 4) is 11.4 Å². The summed E-state index contributed by atoms with van der Waals surface area (Å²) in [7, 11) is 2.00. The quantitative estimate of drug-likeness (QED) is 0.261. The highest BCUT2D eigenvalue weighted by Crippen LogP contribution is 2.64. The fraction of sp³-hybridized carbons (Fsp3) is 0.500. The van der Waals surface area contributed by atoms with Crippen molar-refractivity contribution in [2.24, 2.45) is 12.5 Å². The van der Waals surface area contributed by atoms with Gasteiger partial charge in [-0.15, -0.1) is 22.6 Å². The van der Waals surface area contributed by atoms with Gasteiger partial charge in [0, 0.05) is 36.3 Å². The Balaban J connectivity index is 0.00000304. The molecule has 2 unspecified atom stereocenters. The van der Waals surface area contributed by atoms with Gasteiger partial charge in [0.15, 0.2) is 11.0 Å². The third-order valence-corrected chi connectivity index (χ3v) is 8.55. The van der Waals surface area contributed by atoms with Gasteiger partial charge >= 0.3 is 6.18 Å². The van der Waals surface area contributed by atoms with Crippen molar-refractivity contribution >= 4 is 24.2 Å². The number of pyridine rings is 1. The second kappa shape index (κ2) is 10.3. The van der Waals surface area contributed by atoms with Crippen LogP contribution in [0.1, 0.15) is 47.7 Å². The third-order valence-electron chi connectivity index (χ3n) is 7.45. The summed E-state index contributed by atoms with van der Waals surface area (Å²) in [5.74, 6) is 2.19. The maximum absolute atomic E-state index is 12.8. The topological polar surface area (TPSA) is 46.8 Å². The zero-order valence-corrected chi connectivity index (χ0v) is 22.3. The van der Waals surface area contributed by atoms with E-state index in [0.29, 0.717) is 5.92 Å². The van der Waals surface area contributed by atoms with Crippen molar-refractivity contribution in [1.29, 1.82) is 0 Å². The fourth-order valence-electron chi connectivity index (χ4n) is 5.40. The number of alkyl halides is 3. The maximum Gasteiger partial charge on any atom is 0.416 e. The Morgan fingerprint density at radius 2 is 1.83 bits per heavy atom. The molecule has 0 radical (unpaired) electrons. The molecule has 5 nitrogen and oxygen atoms in total. The number of rotatable bonds is 7. The Kier molecular flexibility index (Phi) is 7.74. The van der Waals surface area contributed by atoms with Gasteiger partial charge in [-0.25, -0.2) is 0 Å². The number of hydrogen-bond donors (Lipinski definition) is 0. The molecule has 194 valence electrons. The molecule has 10 heteroatoms. The number of aryl methyl sites for hydroxylation is 2. The average molecular weight is 538 g/mol. The molecule has 1 spiro atoms. The second-order valence-corrected chi connectivity index (χ2v) is 11.0. The van der Waals surface area contributed by atoms with Crippen LogP contribution in [0.2, 0.25) is 0 Å². The molecule has 2 aromatic heterocycles. The summed E-state index contributed by atoms with van der Waals surface area (Å²) in [5.41, 5.74) is 3.69. The minimum Gasteiger partial charge on any atom is -0.305 e. The molecule has 2 atom stereocenters. The van der Waals surface area contributed by atoms with E-state index in [4.69, 9.17) is 0 Å². The minimum atomic E-state index is -4.27. The van der Waals surface area contributed by atoms with E-state index < -0.39 is 11.7 Å². The van der Waals surface area contributed by atoms with Gasteiger partial charge in [-0.2, -0.15) is 13.2 Å². The van der Waals surface area contributed by atoms with Crippen LogP contribution in [-0.4, -0.2) is 50.0 Å². The molecule has 36 heavy (non-hydrogen) atoms. The van der Waals surface area contributed by atoms with E-state index in [1.54, 1.807) is 23.9 Å². The Bertz CT molecular complexity index is 1210. The first kappa shape index (κ1) is 26.9. The zero-order valence-electron chi connectivity index (χ0n) is 20.7. The van der Waals surface area contributed by atoms with Crippen LogP contribution in [0.15, 0.2) is 41.6 Å². The van der Waals surface area contributed by atoms with E-state index in [0.717, 1.165) is 78.1 Å². The summed E-state index contributed by atoms with van der Waals surface area (Å²) in [6.07, 6.45) is -1.01. The van der Waals surface area contributed by atoms with Gasteiger partial charge in [0.05, 0.1) is 5.56 Å². The molecule has 0 bridgehead atoms. The van der Waals surface area contributed by atoms with Gasteiger partial charge in [0.25, 0.3) is 0 Å². The molecule has 1 saturated carbocycles. The van der Waals surface area contributed by atoms with Crippen LogP contribution in [0.5, 0.6) is 0 Å². The van der Waals surface area contributed by atoms with Crippen LogP contribution in [0.4, 0.5) is 13.2 Å². The van der Waals surface area contributed by atoms with Gasteiger partial charge in [-0.1, -0.05) is 23.9 Å². The molecule has 3 heterocycles. The number of halogens is 4. The Labute approximate surface area is 220 Å². The maximum atomic E-state index is 12.8. The van der Waals surface area contributed by atoms with Crippen molar-refractivity contribution in [3.05, 3.63) is 58.9 Å². The highest BCUT2D eigenvalue weighted by atomic mass is 35.5. The van der Waals surface area contributed by atoms with E-state index >= 15 is 0 Å². The largest absolute Gasteiger partial charge is 0.416 e. The number of thioether (sulfide) groups is 1. The molecule has 3 aromatic rings. The molecular weight excluding hydrogens is 507 g/mol. The smallest absolute Gasteiger partial charge is 0.305 e. The number of hydrogen-bond acceptors (Lipinski definition) is 5. The molecular formula is C26H31ClF3N5S. The second-order valence-electron chi connectivity index (χ2n) is 9.92. The van der Waals surface area contributed by atoms with Crippen molar-refractivity contribution in [2.75, 3.05) is 25.4 Å². The predicted octanol–water partition coefficient (Wildman–Crippen LogP) is 6.30. The highest BCUT2D eigenvalue weighted by molar-refractivity contribution is 7.99. The molecule has 1 aromatic carbocycles. The Morgan fingerprint density at radius 3 is 2.53 bits per heavy atom. The van der Waals surface area contributed by atoms with Crippen molar-refractivity contribution < 1.29 is 13.2 Å². The molecule has 0 amide bonds. The number of nitrogens with zero attached hydrogens (tertiary/aromatic N) is 5. The van der Waals surface area contributed by atoms with Gasteiger partial charge in [-0.3, -0.25) is 4.98 Å². The monoisotopic (exact) mass is 537 g/mol. The van der Waals surface area contributed by atoms with E-state index in [2.05, 4.69) is 26.1 Å². The number of aromatic nitrogens is 4. The minimum absolute atomic E-state index is 0. The Hall–Kier alpha value is -2.10. The lowest BCUT2D eigenvalue weighted by molar-refractivity contribution is -0.137. The van der Waals surface area contributed by atoms with E-state index in [1.807, 2.05) is 31.5 Å². The molecule has 0 N–H and O–H groups in total. The summed E-state index contributed by atoms with van der Waals surface area (Å²) in [6.45, 7) is 7.11. The van der Waals surface area contributed by atoms with Gasteiger partial charge in [0.1, 0.15) is 0 Å². The van der Waals surface area contributed by atoms with Crippen molar-refractivity contribution in [3.63, 3.8) is 0 Å². The van der Waals surface area contributed by atoms with E-state index in [9.17, 15) is 13.2 Å². The first-order valence-corrected chi connectivity index (χ1v) is 13.0. The first-order chi connectivity index (χ1) is 16.7. The Morgan fingerprint density at radius 1 is 1.08 bits per heavy atom. The van der Waals surface area contributed by atoms with Gasteiger partial charge in [0.2, 0.25) is 0 Å². The summed E-state index contributed by atoms with van der Waals surface area (Å²) >= 11 is 1.72. The summed E-state index contributed by atoms with van der Waals surface area (Å²) in [6, 6.07) is 9.83. The predicted molar refractivity (Wildman–Crippen MR) is 139 cm³/mol. The SMILES string of the molecule is Cc1ccc(-c2nnc(SCCCN3CCC4(CC4c4ccc(C(F)(F)F)cc4)C3)n2C)c(C)n1.Cl. The normalized spacial score (nSPS) is 21.7. The molecule has 2 fully saturated rings. The summed E-state index contributed by atoms with van der Waals surface area (Å²) in [4.78, 5) is 7.04. The van der Waals surface area contributed by atoms with Crippen molar-refractivity contribution in [2.45, 2.75) is 50.4 Å². The highest BCUT2D eigenvalue weighted by Gasteiger charge is 2.57. The first-order valence-electron chi connectivity index (χ1n) is 12.0. The van der Waals surface area contributed by atoms with Crippen LogP contribution in [0, 0.1) is 19.3 Å². The lowest BCUT2D eigenvalue weighted by Gasteiger charge is -2.16. The molecule has 1 aliphatic heterocycles. The standard InChI is InChI=1S/C26H30F3N5S.ClH/c1-17-5-10-21(18(2)30-17)23-31-32-24(33(23)3)35-14-4-12-34-13-11-25(16-34)15-22(25)19-6-8-20(9-7-19)26(27,28)29;/h5-10,22H,4,11-16H2,1-3H3;1H. The molecule has 1 saturated heterocycles. The average Bonchev–Trinajstić information content (AvgIpc) is 3.16. The number of benzene rings is 1. The van der Waals surface area contributed by atoms with Gasteiger partial charge in [-0.05, 0) is 87.4 Å². The summed E-state index contributed by atoms with van der Waals surface area (Å²) < 4.78 is 40.6. The lowest BCUT2D eigenvalue weighted by Crippen LogP contribution is -2.23. The van der Waals surface area contributed by atoms with Crippen LogP contribution in [-0.2, 0) is 13.2 Å². The van der Waals surface area contributed by atoms with E-state index in [-0.39, 0.29) is 17.8 Å². The lowest BCUT2D eigenvalue weighted by atomic mass is 9.97. The summed E-state index contributed by atoms with van der Waals surface area (Å²) in [5, 5.41) is 9.69. The van der Waals surface area contributed by atoms with Crippen molar-refractivity contribution in [1.82, 2.24) is 24.6 Å². The van der Waals surface area contributed by atoms with E-state index in [1.165, 1.54) is 12.1 Å². The van der Waals surface area contributed by atoms with Crippen LogP contribution in [0.25, 0.3) is 11.4 Å². The molecule has 1 aliphatic carbocycles. The molecule has 5 rings (SSSR count). The zero-order chi connectivity index (χ0) is 24.8.